The van der Waals surface area contributed by atoms with Crippen molar-refractivity contribution in [3.63, 3.8) is 0 Å². The molecule has 4 rings (SSSR count). The van der Waals surface area contributed by atoms with Crippen molar-refractivity contribution in [1.82, 2.24) is 10.2 Å². The van der Waals surface area contributed by atoms with Gasteiger partial charge in [-0.05, 0) is 67.0 Å². The topological polar surface area (TPSA) is 119 Å². The molecule has 0 bridgehead atoms. The number of amides is 2. The number of ether oxygens (including phenoxy) is 2. The summed E-state index contributed by atoms with van der Waals surface area (Å²) in [6.45, 7) is 0.465. The number of hydrogen-bond donors (Lipinski definition) is 1. The molecule has 38 heavy (non-hydrogen) atoms. The molecule has 204 valence electrons. The summed E-state index contributed by atoms with van der Waals surface area (Å²) in [5.41, 5.74) is 2.31. The van der Waals surface area contributed by atoms with Gasteiger partial charge in [-0.1, -0.05) is 24.3 Å². The van der Waals surface area contributed by atoms with E-state index in [0.29, 0.717) is 36.9 Å². The maximum absolute atomic E-state index is 13.3. The zero-order chi connectivity index (χ0) is 27.4. The Balaban J connectivity index is 1.46. The molecule has 1 N–H and O–H groups in total. The highest BCUT2D eigenvalue weighted by Gasteiger charge is 2.43. The van der Waals surface area contributed by atoms with Crippen LogP contribution in [0.4, 0.5) is 0 Å². The van der Waals surface area contributed by atoms with Gasteiger partial charge in [0.2, 0.25) is 5.91 Å². The summed E-state index contributed by atoms with van der Waals surface area (Å²) in [6.07, 6.45) is 3.66. The minimum Gasteiger partial charge on any atom is -0.465 e. The van der Waals surface area contributed by atoms with Crippen LogP contribution in [-0.4, -0.2) is 82.1 Å². The number of sulfone groups is 1. The summed E-state index contributed by atoms with van der Waals surface area (Å²) in [6, 6.07) is 13.1. The molecule has 2 aromatic rings. The number of methoxy groups -OCH3 is 2. The number of carbonyl (C=O) groups excluding carboxylic acids is 3. The summed E-state index contributed by atoms with van der Waals surface area (Å²) >= 11 is 0. The number of rotatable bonds is 8. The molecule has 0 aromatic heterocycles. The molecule has 1 saturated carbocycles. The molecule has 10 heteroatoms. The van der Waals surface area contributed by atoms with Gasteiger partial charge in [0.25, 0.3) is 5.91 Å². The van der Waals surface area contributed by atoms with Crippen LogP contribution >= 0.6 is 0 Å². The lowest BCUT2D eigenvalue weighted by Gasteiger charge is -2.40. The van der Waals surface area contributed by atoms with Gasteiger partial charge in [0.05, 0.1) is 24.5 Å². The molecule has 0 radical (unpaired) electrons. The SMILES string of the molecule is COC(=O)c1cccc(-c2cccc(C(=O)N[C@H]3CCN([C@H]4CC[C@@H](OC)C[C@@H]4CS(C)(=O)=O)C3=O)c2)c1. The maximum Gasteiger partial charge on any atom is 0.337 e. The first-order valence-corrected chi connectivity index (χ1v) is 14.8. The Bertz CT molecular complexity index is 1310. The van der Waals surface area contributed by atoms with E-state index in [0.717, 1.165) is 17.5 Å². The van der Waals surface area contributed by atoms with Crippen molar-refractivity contribution in [3.8, 4) is 11.1 Å². The third-order valence-electron chi connectivity index (χ3n) is 7.43. The highest BCUT2D eigenvalue weighted by molar-refractivity contribution is 7.90. The molecule has 1 aliphatic heterocycles. The quantitative estimate of drug-likeness (QED) is 0.510. The van der Waals surface area contributed by atoms with E-state index in [9.17, 15) is 22.8 Å². The number of nitrogens with one attached hydrogen (secondary N) is 1. The van der Waals surface area contributed by atoms with Gasteiger partial charge in [-0.3, -0.25) is 9.59 Å². The van der Waals surface area contributed by atoms with Crippen molar-refractivity contribution < 1.29 is 32.3 Å². The van der Waals surface area contributed by atoms with Crippen LogP contribution in [0.3, 0.4) is 0 Å². The molecule has 2 fully saturated rings. The lowest BCUT2D eigenvalue weighted by Crippen LogP contribution is -2.50. The van der Waals surface area contributed by atoms with E-state index < -0.39 is 21.8 Å². The van der Waals surface area contributed by atoms with Gasteiger partial charge < -0.3 is 19.7 Å². The largest absolute Gasteiger partial charge is 0.465 e. The fourth-order valence-corrected chi connectivity index (χ4v) is 6.72. The molecule has 1 heterocycles. The van der Waals surface area contributed by atoms with Gasteiger partial charge in [-0.2, -0.15) is 0 Å². The summed E-state index contributed by atoms with van der Waals surface area (Å²) in [5, 5.41) is 2.87. The Hall–Kier alpha value is -3.24. The molecule has 2 aromatic carbocycles. The summed E-state index contributed by atoms with van der Waals surface area (Å²) in [7, 11) is -0.283. The van der Waals surface area contributed by atoms with Gasteiger partial charge >= 0.3 is 5.97 Å². The van der Waals surface area contributed by atoms with Crippen LogP contribution in [0.2, 0.25) is 0 Å². The summed E-state index contributed by atoms with van der Waals surface area (Å²) in [5.74, 6) is -1.20. The van der Waals surface area contributed by atoms with Gasteiger partial charge in [0.15, 0.2) is 0 Å². The smallest absolute Gasteiger partial charge is 0.337 e. The number of likely N-dealkylation sites (tertiary alicyclic amines) is 1. The lowest BCUT2D eigenvalue weighted by molar-refractivity contribution is -0.133. The molecule has 2 amide bonds. The van der Waals surface area contributed by atoms with Crippen LogP contribution in [0, 0.1) is 5.92 Å². The minimum absolute atomic E-state index is 0.00228. The van der Waals surface area contributed by atoms with Crippen molar-refractivity contribution in [2.45, 2.75) is 43.9 Å². The fraction of sp³-hybridized carbons (Fsp3) is 0.464. The number of benzene rings is 2. The second-order valence-electron chi connectivity index (χ2n) is 10.1. The number of carbonyl (C=O) groups is 3. The average Bonchev–Trinajstić information content (AvgIpc) is 3.26. The third kappa shape index (κ3) is 6.42. The van der Waals surface area contributed by atoms with Crippen LogP contribution in [0.5, 0.6) is 0 Å². The van der Waals surface area contributed by atoms with Gasteiger partial charge in [0, 0.05) is 31.5 Å². The Morgan fingerprint density at radius 3 is 2.29 bits per heavy atom. The van der Waals surface area contributed by atoms with Gasteiger partial charge in [-0.25, -0.2) is 13.2 Å². The highest BCUT2D eigenvalue weighted by atomic mass is 32.2. The molecule has 1 saturated heterocycles. The Morgan fingerprint density at radius 2 is 1.66 bits per heavy atom. The van der Waals surface area contributed by atoms with Crippen molar-refractivity contribution in [2.24, 2.45) is 5.92 Å². The number of esters is 1. The van der Waals surface area contributed by atoms with E-state index in [1.54, 1.807) is 48.4 Å². The van der Waals surface area contributed by atoms with Crippen molar-refractivity contribution in [3.05, 3.63) is 59.7 Å². The van der Waals surface area contributed by atoms with E-state index in [2.05, 4.69) is 5.32 Å². The van der Waals surface area contributed by atoms with E-state index in [1.807, 2.05) is 12.1 Å². The normalized spacial score (nSPS) is 23.8. The van der Waals surface area contributed by atoms with Gasteiger partial charge in [-0.15, -0.1) is 0 Å². The monoisotopic (exact) mass is 542 g/mol. The van der Waals surface area contributed by atoms with Crippen LogP contribution in [0.1, 0.15) is 46.4 Å². The Morgan fingerprint density at radius 1 is 1.00 bits per heavy atom. The Labute approximate surface area is 223 Å². The summed E-state index contributed by atoms with van der Waals surface area (Å²) < 4.78 is 34.4. The molecular formula is C28H34N2O7S. The molecule has 0 spiro atoms. The molecule has 2 aliphatic rings. The zero-order valence-electron chi connectivity index (χ0n) is 21.9. The standard InChI is InChI=1S/C28H34N2O7S/c1-36-23-10-11-25(22(16-23)17-38(3,34)35)30-13-12-24(27(30)32)29-26(31)20-8-4-6-18(14-20)19-7-5-9-21(15-19)28(33)37-2/h4-9,14-15,22-25H,10-13,16-17H2,1-3H3,(H,29,31)/t22-,23-,24+,25+/m1/s1. The van der Waals surface area contributed by atoms with Crippen LogP contribution in [0.15, 0.2) is 48.5 Å². The second-order valence-corrected chi connectivity index (χ2v) is 12.3. The molecule has 1 aliphatic carbocycles. The predicted octanol–water partition coefficient (Wildman–Crippen LogP) is 2.70. The van der Waals surface area contributed by atoms with Crippen LogP contribution in [-0.2, 0) is 24.1 Å². The predicted molar refractivity (Wildman–Crippen MR) is 142 cm³/mol. The van der Waals surface area contributed by atoms with Gasteiger partial charge in [0.1, 0.15) is 15.9 Å². The van der Waals surface area contributed by atoms with E-state index in [1.165, 1.54) is 13.4 Å². The molecule has 0 unspecified atom stereocenters. The average molecular weight is 543 g/mol. The molecule has 9 nitrogen and oxygen atoms in total. The van der Waals surface area contributed by atoms with E-state index in [-0.39, 0.29) is 35.6 Å². The van der Waals surface area contributed by atoms with Crippen LogP contribution in [0.25, 0.3) is 11.1 Å². The zero-order valence-corrected chi connectivity index (χ0v) is 22.7. The molecular weight excluding hydrogens is 508 g/mol. The first-order valence-electron chi connectivity index (χ1n) is 12.7. The van der Waals surface area contributed by atoms with Crippen molar-refractivity contribution >= 4 is 27.6 Å². The first kappa shape index (κ1) is 27.8. The van der Waals surface area contributed by atoms with E-state index >= 15 is 0 Å². The maximum atomic E-state index is 13.3. The minimum atomic E-state index is -3.23. The van der Waals surface area contributed by atoms with Crippen molar-refractivity contribution in [1.29, 1.82) is 0 Å². The Kier molecular flexibility index (Phi) is 8.52. The fourth-order valence-electron chi connectivity index (χ4n) is 5.59. The second kappa shape index (κ2) is 11.7. The molecule has 4 atom stereocenters. The van der Waals surface area contributed by atoms with Crippen LogP contribution < -0.4 is 5.32 Å². The number of nitrogens with zero attached hydrogens (tertiary/aromatic N) is 1. The first-order chi connectivity index (χ1) is 18.1. The number of hydrogen-bond acceptors (Lipinski definition) is 7. The summed E-state index contributed by atoms with van der Waals surface area (Å²) in [4.78, 5) is 40.1. The van der Waals surface area contributed by atoms with Crippen molar-refractivity contribution in [2.75, 3.05) is 32.8 Å². The third-order valence-corrected chi connectivity index (χ3v) is 8.47. The highest BCUT2D eigenvalue weighted by Crippen LogP contribution is 2.33. The lowest BCUT2D eigenvalue weighted by atomic mass is 9.83. The van der Waals surface area contributed by atoms with E-state index in [4.69, 9.17) is 9.47 Å².